The van der Waals surface area contributed by atoms with Crippen LogP contribution in [-0.2, 0) is 4.79 Å². The van der Waals surface area contributed by atoms with Gasteiger partial charge in [-0.1, -0.05) is 31.1 Å². The summed E-state index contributed by atoms with van der Waals surface area (Å²) in [5.41, 5.74) is 2.23. The molecule has 0 spiro atoms. The highest BCUT2D eigenvalue weighted by molar-refractivity contribution is 5.95. The summed E-state index contributed by atoms with van der Waals surface area (Å²) in [6.45, 7) is 7.97. The monoisotopic (exact) mass is 301 g/mol. The molecule has 0 unspecified atom stereocenters. The van der Waals surface area contributed by atoms with E-state index in [0.29, 0.717) is 17.5 Å². The van der Waals surface area contributed by atoms with E-state index in [0.717, 1.165) is 12.1 Å². The van der Waals surface area contributed by atoms with Gasteiger partial charge in [0.1, 0.15) is 11.8 Å². The van der Waals surface area contributed by atoms with E-state index in [1.807, 2.05) is 19.1 Å². The van der Waals surface area contributed by atoms with Crippen molar-refractivity contribution in [3.8, 4) is 0 Å². The van der Waals surface area contributed by atoms with E-state index in [1.54, 1.807) is 13.0 Å². The van der Waals surface area contributed by atoms with Crippen LogP contribution < -0.4 is 10.6 Å². The summed E-state index contributed by atoms with van der Waals surface area (Å²) in [5.74, 6) is 1.49. The number of nitrogens with zero attached hydrogens (tertiary/aromatic N) is 1. The summed E-state index contributed by atoms with van der Waals surface area (Å²) >= 11 is 0. The lowest BCUT2D eigenvalue weighted by Gasteiger charge is -2.15. The molecule has 5 heteroatoms. The van der Waals surface area contributed by atoms with Gasteiger partial charge < -0.3 is 15.2 Å². The summed E-state index contributed by atoms with van der Waals surface area (Å²) in [6, 6.07) is 9.53. The van der Waals surface area contributed by atoms with Crippen molar-refractivity contribution in [3.63, 3.8) is 0 Å². The first-order chi connectivity index (χ1) is 10.5. The fourth-order valence-electron chi connectivity index (χ4n) is 2.12. The van der Waals surface area contributed by atoms with Crippen molar-refractivity contribution in [2.24, 2.45) is 0 Å². The van der Waals surface area contributed by atoms with E-state index < -0.39 is 0 Å². The average molecular weight is 301 g/mol. The van der Waals surface area contributed by atoms with Gasteiger partial charge >= 0.3 is 0 Å². The molecule has 5 nitrogen and oxygen atoms in total. The number of rotatable bonds is 6. The molecule has 1 aromatic heterocycles. The second kappa shape index (κ2) is 7.11. The predicted octanol–water partition coefficient (Wildman–Crippen LogP) is 3.94. The minimum absolute atomic E-state index is 0.153. The van der Waals surface area contributed by atoms with Gasteiger partial charge in [0, 0.05) is 11.8 Å². The fraction of sp³-hybridized carbons (Fsp3) is 0.412. The Kier molecular flexibility index (Phi) is 5.20. The molecule has 0 radical (unpaired) electrons. The lowest BCUT2D eigenvalue weighted by molar-refractivity contribution is -0.116. The largest absolute Gasteiger partial charge is 0.374 e. The van der Waals surface area contributed by atoms with Crippen molar-refractivity contribution in [2.75, 3.05) is 10.6 Å². The van der Waals surface area contributed by atoms with Gasteiger partial charge in [-0.05, 0) is 43.9 Å². The third-order valence-corrected chi connectivity index (χ3v) is 3.75. The summed E-state index contributed by atoms with van der Waals surface area (Å²) < 4.78 is 4.92. The van der Waals surface area contributed by atoms with Crippen molar-refractivity contribution in [3.05, 3.63) is 41.7 Å². The highest BCUT2D eigenvalue weighted by atomic mass is 16.5. The molecular formula is C17H23N3O2. The molecule has 22 heavy (non-hydrogen) atoms. The molecule has 2 aromatic rings. The molecule has 0 saturated heterocycles. The summed E-state index contributed by atoms with van der Waals surface area (Å²) in [7, 11) is 0. The van der Waals surface area contributed by atoms with Gasteiger partial charge in [-0.3, -0.25) is 4.79 Å². The van der Waals surface area contributed by atoms with E-state index in [9.17, 15) is 4.79 Å². The Morgan fingerprint density at radius 1 is 1.27 bits per heavy atom. The van der Waals surface area contributed by atoms with Gasteiger partial charge in [0.2, 0.25) is 5.91 Å². The lowest BCUT2D eigenvalue weighted by atomic mass is 9.98. The number of carbonyl (C=O) groups is 1. The lowest BCUT2D eigenvalue weighted by Crippen LogP contribution is -2.31. The molecule has 2 atom stereocenters. The van der Waals surface area contributed by atoms with Crippen molar-refractivity contribution in [2.45, 2.75) is 46.1 Å². The van der Waals surface area contributed by atoms with Gasteiger partial charge in [0.05, 0.1) is 0 Å². The number of benzene rings is 1. The molecule has 0 aliphatic heterocycles. The second-order valence-electron chi connectivity index (χ2n) is 5.61. The third-order valence-electron chi connectivity index (χ3n) is 3.75. The van der Waals surface area contributed by atoms with Crippen LogP contribution >= 0.6 is 0 Å². The molecular weight excluding hydrogens is 278 g/mol. The molecule has 0 aliphatic carbocycles. The molecule has 1 amide bonds. The molecule has 1 heterocycles. The average Bonchev–Trinajstić information content (AvgIpc) is 2.92. The standard InChI is InChI=1S/C17H23N3O2/c1-5-11(2)14-6-8-15(9-7-14)18-13(4)17(21)19-16-10-12(3)22-20-16/h6-11,13,18H,5H2,1-4H3,(H,19,20,21)/t11-,13-/m1/s1. The van der Waals surface area contributed by atoms with Crippen LogP contribution in [0, 0.1) is 6.92 Å². The van der Waals surface area contributed by atoms with Crippen LogP contribution in [-0.4, -0.2) is 17.1 Å². The first-order valence-electron chi connectivity index (χ1n) is 7.60. The number of hydrogen-bond donors (Lipinski definition) is 2. The molecule has 2 N–H and O–H groups in total. The Labute approximate surface area is 131 Å². The van der Waals surface area contributed by atoms with E-state index >= 15 is 0 Å². The van der Waals surface area contributed by atoms with Gasteiger partial charge in [-0.25, -0.2) is 0 Å². The molecule has 0 saturated carbocycles. The number of amides is 1. The normalized spacial score (nSPS) is 13.5. The van der Waals surface area contributed by atoms with Crippen LogP contribution in [0.4, 0.5) is 11.5 Å². The maximum Gasteiger partial charge on any atom is 0.247 e. The maximum atomic E-state index is 12.1. The highest BCUT2D eigenvalue weighted by Gasteiger charge is 2.14. The zero-order valence-electron chi connectivity index (χ0n) is 13.5. The molecule has 2 rings (SSSR count). The van der Waals surface area contributed by atoms with Crippen LogP contribution in [0.5, 0.6) is 0 Å². The van der Waals surface area contributed by atoms with E-state index in [2.05, 4.69) is 41.8 Å². The Morgan fingerprint density at radius 2 is 1.95 bits per heavy atom. The Balaban J connectivity index is 1.93. The van der Waals surface area contributed by atoms with Crippen LogP contribution in [0.3, 0.4) is 0 Å². The minimum atomic E-state index is -0.369. The SMILES string of the molecule is CC[C@@H](C)c1ccc(N[C@H](C)C(=O)Nc2cc(C)on2)cc1. The predicted molar refractivity (Wildman–Crippen MR) is 88.1 cm³/mol. The molecule has 0 aliphatic rings. The number of aryl methyl sites for hydroxylation is 1. The summed E-state index contributed by atoms with van der Waals surface area (Å²) in [6.07, 6.45) is 1.11. The number of hydrogen-bond acceptors (Lipinski definition) is 4. The van der Waals surface area contributed by atoms with Crippen molar-refractivity contribution in [1.29, 1.82) is 0 Å². The summed E-state index contributed by atoms with van der Waals surface area (Å²) in [4.78, 5) is 12.1. The third kappa shape index (κ3) is 4.10. The molecule has 1 aromatic carbocycles. The van der Waals surface area contributed by atoms with E-state index in [-0.39, 0.29) is 11.9 Å². The minimum Gasteiger partial charge on any atom is -0.374 e. The topological polar surface area (TPSA) is 67.2 Å². The van der Waals surface area contributed by atoms with E-state index in [1.165, 1.54) is 5.56 Å². The van der Waals surface area contributed by atoms with Crippen molar-refractivity contribution >= 4 is 17.4 Å². The van der Waals surface area contributed by atoms with Gasteiger partial charge in [0.15, 0.2) is 5.82 Å². The van der Waals surface area contributed by atoms with E-state index in [4.69, 9.17) is 4.52 Å². The zero-order chi connectivity index (χ0) is 16.1. The maximum absolute atomic E-state index is 12.1. The fourth-order valence-corrected chi connectivity index (χ4v) is 2.12. The Hall–Kier alpha value is -2.30. The summed E-state index contributed by atoms with van der Waals surface area (Å²) in [5, 5.41) is 9.65. The molecule has 0 fully saturated rings. The first kappa shape index (κ1) is 16.1. The number of nitrogens with one attached hydrogen (secondary N) is 2. The molecule has 118 valence electrons. The van der Waals surface area contributed by atoms with Crippen LogP contribution in [0.25, 0.3) is 0 Å². The zero-order valence-corrected chi connectivity index (χ0v) is 13.5. The van der Waals surface area contributed by atoms with Crippen LogP contribution in [0.15, 0.2) is 34.9 Å². The number of aromatic nitrogens is 1. The number of carbonyl (C=O) groups excluding carboxylic acids is 1. The van der Waals surface area contributed by atoms with Crippen molar-refractivity contribution in [1.82, 2.24) is 5.16 Å². The van der Waals surface area contributed by atoms with Crippen LogP contribution in [0.2, 0.25) is 0 Å². The Morgan fingerprint density at radius 3 is 2.50 bits per heavy atom. The van der Waals surface area contributed by atoms with Gasteiger partial charge in [-0.2, -0.15) is 0 Å². The molecule has 0 bridgehead atoms. The van der Waals surface area contributed by atoms with Crippen molar-refractivity contribution < 1.29 is 9.32 Å². The number of anilines is 2. The Bertz CT molecular complexity index is 619. The smallest absolute Gasteiger partial charge is 0.247 e. The second-order valence-corrected chi connectivity index (χ2v) is 5.61. The van der Waals surface area contributed by atoms with Gasteiger partial charge in [0.25, 0.3) is 0 Å². The van der Waals surface area contributed by atoms with Gasteiger partial charge in [-0.15, -0.1) is 0 Å². The van der Waals surface area contributed by atoms with Crippen LogP contribution in [0.1, 0.15) is 44.4 Å². The highest BCUT2D eigenvalue weighted by Crippen LogP contribution is 2.21. The first-order valence-corrected chi connectivity index (χ1v) is 7.60. The quantitative estimate of drug-likeness (QED) is 0.848.